The maximum absolute atomic E-state index is 4.89. The number of nitrogens with zero attached hydrogens (tertiary/aromatic N) is 5. The molecule has 1 aromatic heterocycles. The number of fused-ring (bicyclic) bond motifs is 1. The minimum atomic E-state index is 0.576. The Morgan fingerprint density at radius 1 is 1.00 bits per heavy atom. The summed E-state index contributed by atoms with van der Waals surface area (Å²) in [6.07, 6.45) is 0. The first kappa shape index (κ1) is 18.3. The van der Waals surface area contributed by atoms with Crippen LogP contribution in [0.25, 0.3) is 11.0 Å². The molecule has 0 atom stereocenters. The second-order valence-electron chi connectivity index (χ2n) is 7.06. The lowest BCUT2D eigenvalue weighted by atomic mass is 10.2. The number of aliphatic imine (C=N–C) groups is 1. The van der Waals surface area contributed by atoms with E-state index in [0.29, 0.717) is 6.54 Å². The fourth-order valence-electron chi connectivity index (χ4n) is 3.72. The van der Waals surface area contributed by atoms with Gasteiger partial charge in [0, 0.05) is 45.5 Å². The topological polar surface area (TPSA) is 48.7 Å². The highest BCUT2D eigenvalue weighted by Crippen LogP contribution is 2.17. The van der Waals surface area contributed by atoms with Crippen LogP contribution < -0.4 is 10.2 Å². The van der Waals surface area contributed by atoms with Gasteiger partial charge in [0.05, 0.1) is 11.0 Å². The molecule has 0 unspecified atom stereocenters. The first-order chi connectivity index (χ1) is 13.8. The number of aryl methyl sites for hydroxylation is 1. The Kier molecular flexibility index (Phi) is 5.46. The Bertz CT molecular complexity index is 938. The van der Waals surface area contributed by atoms with Crippen molar-refractivity contribution in [1.29, 1.82) is 0 Å². The van der Waals surface area contributed by atoms with Crippen LogP contribution in [-0.2, 0) is 13.6 Å². The van der Waals surface area contributed by atoms with Gasteiger partial charge >= 0.3 is 0 Å². The molecule has 0 saturated carbocycles. The third kappa shape index (κ3) is 3.81. The normalized spacial score (nSPS) is 15.3. The highest BCUT2D eigenvalue weighted by molar-refractivity contribution is 5.80. The first-order valence-corrected chi connectivity index (χ1v) is 10.00. The highest BCUT2D eigenvalue weighted by atomic mass is 15.3. The number of rotatable bonds is 4. The van der Waals surface area contributed by atoms with E-state index in [-0.39, 0.29) is 0 Å². The van der Waals surface area contributed by atoms with E-state index in [2.05, 4.69) is 76.1 Å². The molecular formula is C22H28N6. The van der Waals surface area contributed by atoms with E-state index in [1.54, 1.807) is 0 Å². The lowest BCUT2D eigenvalue weighted by Crippen LogP contribution is -2.52. The second-order valence-corrected chi connectivity index (χ2v) is 7.06. The summed E-state index contributed by atoms with van der Waals surface area (Å²) < 4.78 is 2.13. The molecule has 6 nitrogen and oxygen atoms in total. The Labute approximate surface area is 166 Å². The summed E-state index contributed by atoms with van der Waals surface area (Å²) in [6.45, 7) is 7.48. The summed E-state index contributed by atoms with van der Waals surface area (Å²) >= 11 is 0. The van der Waals surface area contributed by atoms with Crippen molar-refractivity contribution in [2.75, 3.05) is 37.6 Å². The Hall–Kier alpha value is -3.02. The van der Waals surface area contributed by atoms with Crippen LogP contribution >= 0.6 is 0 Å². The van der Waals surface area contributed by atoms with E-state index in [4.69, 9.17) is 9.98 Å². The fraction of sp³-hybridized carbons (Fsp3) is 0.364. The number of guanidine groups is 1. The van der Waals surface area contributed by atoms with Crippen LogP contribution in [0.15, 0.2) is 59.6 Å². The van der Waals surface area contributed by atoms with Gasteiger partial charge in [0.25, 0.3) is 0 Å². The number of hydrogen-bond donors (Lipinski definition) is 1. The van der Waals surface area contributed by atoms with Crippen molar-refractivity contribution < 1.29 is 0 Å². The number of aromatic nitrogens is 2. The van der Waals surface area contributed by atoms with Gasteiger partial charge in [-0.15, -0.1) is 0 Å². The van der Waals surface area contributed by atoms with Gasteiger partial charge in [0.1, 0.15) is 12.4 Å². The van der Waals surface area contributed by atoms with Crippen LogP contribution in [0.5, 0.6) is 0 Å². The number of anilines is 1. The number of benzene rings is 2. The number of piperazine rings is 1. The molecule has 0 bridgehead atoms. The van der Waals surface area contributed by atoms with E-state index in [9.17, 15) is 0 Å². The molecule has 0 spiro atoms. The van der Waals surface area contributed by atoms with Gasteiger partial charge in [-0.1, -0.05) is 30.3 Å². The van der Waals surface area contributed by atoms with Crippen molar-refractivity contribution in [2.24, 2.45) is 12.0 Å². The molecule has 1 aliphatic rings. The van der Waals surface area contributed by atoms with Crippen LogP contribution in [0.3, 0.4) is 0 Å². The molecular weight excluding hydrogens is 348 g/mol. The van der Waals surface area contributed by atoms with Gasteiger partial charge in [0.2, 0.25) is 0 Å². The number of para-hydroxylation sites is 3. The highest BCUT2D eigenvalue weighted by Gasteiger charge is 2.20. The molecule has 2 aromatic carbocycles. The van der Waals surface area contributed by atoms with E-state index < -0.39 is 0 Å². The zero-order chi connectivity index (χ0) is 19.3. The zero-order valence-electron chi connectivity index (χ0n) is 16.7. The lowest BCUT2D eigenvalue weighted by molar-refractivity contribution is 0.372. The Morgan fingerprint density at radius 2 is 1.71 bits per heavy atom. The second kappa shape index (κ2) is 8.33. The Balaban J connectivity index is 1.45. The van der Waals surface area contributed by atoms with Crippen molar-refractivity contribution in [3.63, 3.8) is 0 Å². The van der Waals surface area contributed by atoms with E-state index in [1.807, 2.05) is 12.1 Å². The van der Waals surface area contributed by atoms with E-state index >= 15 is 0 Å². The summed E-state index contributed by atoms with van der Waals surface area (Å²) in [5.74, 6) is 1.96. The molecule has 2 heterocycles. The molecule has 28 heavy (non-hydrogen) atoms. The van der Waals surface area contributed by atoms with E-state index in [1.165, 1.54) is 5.69 Å². The van der Waals surface area contributed by atoms with E-state index in [0.717, 1.165) is 55.5 Å². The van der Waals surface area contributed by atoms with Crippen molar-refractivity contribution >= 4 is 22.7 Å². The Morgan fingerprint density at radius 3 is 2.43 bits per heavy atom. The molecule has 6 heteroatoms. The zero-order valence-corrected chi connectivity index (χ0v) is 16.7. The number of nitrogens with one attached hydrogen (secondary N) is 1. The summed E-state index contributed by atoms with van der Waals surface area (Å²) in [6, 6.07) is 18.9. The molecule has 0 radical (unpaired) electrons. The molecule has 3 aromatic rings. The maximum atomic E-state index is 4.89. The monoisotopic (exact) mass is 376 g/mol. The molecule has 0 aliphatic carbocycles. The first-order valence-electron chi connectivity index (χ1n) is 10.00. The lowest BCUT2D eigenvalue weighted by Gasteiger charge is -2.37. The number of imidazole rings is 1. The van der Waals surface area contributed by atoms with Crippen LogP contribution in [-0.4, -0.2) is 53.1 Å². The molecule has 1 fully saturated rings. The van der Waals surface area contributed by atoms with Crippen molar-refractivity contribution in [1.82, 2.24) is 19.8 Å². The summed E-state index contributed by atoms with van der Waals surface area (Å²) in [7, 11) is 2.06. The molecule has 146 valence electrons. The van der Waals surface area contributed by atoms with Crippen molar-refractivity contribution in [3.8, 4) is 0 Å². The molecule has 1 saturated heterocycles. The number of hydrogen-bond acceptors (Lipinski definition) is 3. The third-order valence-corrected chi connectivity index (χ3v) is 5.29. The van der Waals surface area contributed by atoms with Gasteiger partial charge < -0.3 is 19.7 Å². The van der Waals surface area contributed by atoms with Gasteiger partial charge in [-0.25, -0.2) is 9.98 Å². The molecule has 1 N–H and O–H groups in total. The van der Waals surface area contributed by atoms with Crippen molar-refractivity contribution in [3.05, 3.63) is 60.4 Å². The largest absolute Gasteiger partial charge is 0.368 e. The average Bonchev–Trinajstić information content (AvgIpc) is 3.08. The summed E-state index contributed by atoms with van der Waals surface area (Å²) in [5, 5.41) is 3.45. The SMILES string of the molecule is CCNC(=NCc1nc2ccccc2n1C)N1CCN(c2ccccc2)CC1. The molecule has 1 aliphatic heterocycles. The third-order valence-electron chi connectivity index (χ3n) is 5.29. The van der Waals surface area contributed by atoms with Crippen LogP contribution in [0.4, 0.5) is 5.69 Å². The predicted octanol–water partition coefficient (Wildman–Crippen LogP) is 2.86. The quantitative estimate of drug-likeness (QED) is 0.562. The molecule has 4 rings (SSSR count). The van der Waals surface area contributed by atoms with Gasteiger partial charge in [-0.3, -0.25) is 0 Å². The fourth-order valence-corrected chi connectivity index (χ4v) is 3.72. The van der Waals surface area contributed by atoms with Crippen LogP contribution in [0, 0.1) is 0 Å². The predicted molar refractivity (Wildman–Crippen MR) is 116 cm³/mol. The molecule has 0 amide bonds. The minimum absolute atomic E-state index is 0.576. The van der Waals surface area contributed by atoms with Crippen LogP contribution in [0.2, 0.25) is 0 Å². The van der Waals surface area contributed by atoms with Crippen LogP contribution in [0.1, 0.15) is 12.7 Å². The standard InChI is InChI=1S/C22H28N6/c1-3-23-22(24-17-21-25-19-11-7-8-12-20(19)26(21)2)28-15-13-27(14-16-28)18-9-5-4-6-10-18/h4-12H,3,13-17H2,1-2H3,(H,23,24). The van der Waals surface area contributed by atoms with Gasteiger partial charge in [-0.05, 0) is 31.2 Å². The minimum Gasteiger partial charge on any atom is -0.368 e. The van der Waals surface area contributed by atoms with Crippen molar-refractivity contribution in [2.45, 2.75) is 13.5 Å². The summed E-state index contributed by atoms with van der Waals surface area (Å²) in [4.78, 5) is 14.4. The smallest absolute Gasteiger partial charge is 0.194 e. The van der Waals surface area contributed by atoms with Gasteiger partial charge in [0.15, 0.2) is 5.96 Å². The maximum Gasteiger partial charge on any atom is 0.194 e. The average molecular weight is 377 g/mol. The summed E-state index contributed by atoms with van der Waals surface area (Å²) in [5.41, 5.74) is 3.47. The van der Waals surface area contributed by atoms with Gasteiger partial charge in [-0.2, -0.15) is 0 Å².